The van der Waals surface area contributed by atoms with Crippen molar-refractivity contribution in [1.82, 2.24) is 5.32 Å². The number of hydrogen-bond acceptors (Lipinski definition) is 3. The summed E-state index contributed by atoms with van der Waals surface area (Å²) in [5.74, 6) is 0.00350. The van der Waals surface area contributed by atoms with Gasteiger partial charge in [0.25, 0.3) is 0 Å². The molecule has 4 nitrogen and oxygen atoms in total. The average molecular weight is 270 g/mol. The van der Waals surface area contributed by atoms with Crippen LogP contribution < -0.4 is 10.1 Å². The largest absolute Gasteiger partial charge is 0.497 e. The third kappa shape index (κ3) is 2.76. The van der Waals surface area contributed by atoms with Gasteiger partial charge in [-0.3, -0.25) is 4.79 Å². The van der Waals surface area contributed by atoms with Gasteiger partial charge in [-0.15, -0.1) is 0 Å². The first-order valence-electron chi connectivity index (χ1n) is 5.84. The van der Waals surface area contributed by atoms with Gasteiger partial charge in [0.1, 0.15) is 5.75 Å². The second-order valence-corrected chi connectivity index (χ2v) is 5.05. The Morgan fingerprint density at radius 2 is 2.28 bits per heavy atom. The summed E-state index contributed by atoms with van der Waals surface area (Å²) in [6, 6.07) is 5.48. The Kier molecular flexibility index (Phi) is 3.78. The molecule has 1 aromatic carbocycles. The van der Waals surface area contributed by atoms with E-state index in [9.17, 15) is 4.79 Å². The predicted molar refractivity (Wildman–Crippen MR) is 69.0 cm³/mol. The molecule has 0 spiro atoms. The van der Waals surface area contributed by atoms with E-state index in [-0.39, 0.29) is 0 Å². The molecule has 0 atom stereocenters. The minimum Gasteiger partial charge on any atom is -0.497 e. The number of ether oxygens (including phenoxy) is 1. The maximum atomic E-state index is 11.0. The molecule has 0 aliphatic heterocycles. The summed E-state index contributed by atoms with van der Waals surface area (Å²) in [5, 5.41) is 12.8. The van der Waals surface area contributed by atoms with E-state index in [1.54, 1.807) is 13.2 Å². The van der Waals surface area contributed by atoms with E-state index in [1.165, 1.54) is 0 Å². The number of carboxylic acids is 1. The molecule has 2 N–H and O–H groups in total. The maximum Gasteiger partial charge on any atom is 0.310 e. The van der Waals surface area contributed by atoms with Crippen LogP contribution in [0.2, 0.25) is 5.02 Å². The van der Waals surface area contributed by atoms with Gasteiger partial charge in [0.2, 0.25) is 0 Å². The summed E-state index contributed by atoms with van der Waals surface area (Å²) in [5.41, 5.74) is 0.400. The maximum absolute atomic E-state index is 11.0. The fourth-order valence-corrected chi connectivity index (χ4v) is 2.09. The molecule has 5 heteroatoms. The van der Waals surface area contributed by atoms with Crippen molar-refractivity contribution in [1.29, 1.82) is 0 Å². The summed E-state index contributed by atoms with van der Waals surface area (Å²) in [6.07, 6.45) is 1.51. The number of hydrogen-bond donors (Lipinski definition) is 2. The van der Waals surface area contributed by atoms with Gasteiger partial charge in [0, 0.05) is 18.1 Å². The van der Waals surface area contributed by atoms with E-state index in [4.69, 9.17) is 21.4 Å². The van der Waals surface area contributed by atoms with Gasteiger partial charge in [-0.1, -0.05) is 17.7 Å². The molecule has 0 unspecified atom stereocenters. The Labute approximate surface area is 111 Å². The highest BCUT2D eigenvalue weighted by atomic mass is 35.5. The van der Waals surface area contributed by atoms with Gasteiger partial charge in [0.15, 0.2) is 0 Å². The second-order valence-electron chi connectivity index (χ2n) is 4.65. The standard InChI is InChI=1S/C13H16ClNO3/c1-18-10-3-2-9(11(14)6-10)7-15-8-13(4-5-13)12(16)17/h2-3,6,15H,4-5,7-8H2,1H3,(H,16,17). The lowest BCUT2D eigenvalue weighted by atomic mass is 10.1. The third-order valence-corrected chi connectivity index (χ3v) is 3.70. The first kappa shape index (κ1) is 13.2. The van der Waals surface area contributed by atoms with E-state index >= 15 is 0 Å². The lowest BCUT2D eigenvalue weighted by Gasteiger charge is -2.12. The van der Waals surface area contributed by atoms with Crippen molar-refractivity contribution in [3.8, 4) is 5.75 Å². The number of benzene rings is 1. The molecule has 18 heavy (non-hydrogen) atoms. The third-order valence-electron chi connectivity index (χ3n) is 3.35. The van der Waals surface area contributed by atoms with E-state index in [0.717, 1.165) is 18.4 Å². The Balaban J connectivity index is 1.89. The van der Waals surface area contributed by atoms with Crippen LogP contribution in [0.3, 0.4) is 0 Å². The molecular formula is C13H16ClNO3. The number of carboxylic acid groups (broad SMARTS) is 1. The average Bonchev–Trinajstić information content (AvgIpc) is 3.12. The smallest absolute Gasteiger partial charge is 0.310 e. The number of halogens is 1. The van der Waals surface area contributed by atoms with Crippen molar-refractivity contribution in [3.63, 3.8) is 0 Å². The van der Waals surface area contributed by atoms with Gasteiger partial charge < -0.3 is 15.2 Å². The van der Waals surface area contributed by atoms with E-state index in [2.05, 4.69) is 5.32 Å². The molecule has 1 aliphatic rings. The quantitative estimate of drug-likeness (QED) is 0.832. The van der Waals surface area contributed by atoms with Crippen LogP contribution in [0, 0.1) is 5.41 Å². The number of aliphatic carboxylic acids is 1. The van der Waals surface area contributed by atoms with Crippen LogP contribution in [0.1, 0.15) is 18.4 Å². The molecule has 98 valence electrons. The van der Waals surface area contributed by atoms with Gasteiger partial charge in [0.05, 0.1) is 12.5 Å². The first-order valence-corrected chi connectivity index (χ1v) is 6.22. The molecule has 0 heterocycles. The van der Waals surface area contributed by atoms with Crippen LogP contribution in [0.15, 0.2) is 18.2 Å². The molecular weight excluding hydrogens is 254 g/mol. The highest BCUT2D eigenvalue weighted by Gasteiger charge is 2.49. The summed E-state index contributed by atoms with van der Waals surface area (Å²) < 4.78 is 5.07. The van der Waals surface area contributed by atoms with Crippen molar-refractivity contribution < 1.29 is 14.6 Å². The molecule has 1 saturated carbocycles. The zero-order valence-corrected chi connectivity index (χ0v) is 11.0. The molecule has 0 saturated heterocycles. The fraction of sp³-hybridized carbons (Fsp3) is 0.462. The Morgan fingerprint density at radius 3 is 2.78 bits per heavy atom. The van der Waals surface area contributed by atoms with Crippen LogP contribution in [0.4, 0.5) is 0 Å². The molecule has 0 radical (unpaired) electrons. The lowest BCUT2D eigenvalue weighted by molar-refractivity contribution is -0.143. The predicted octanol–water partition coefficient (Wildman–Crippen LogP) is 2.30. The fourth-order valence-electron chi connectivity index (χ4n) is 1.85. The highest BCUT2D eigenvalue weighted by Crippen LogP contribution is 2.45. The van der Waals surface area contributed by atoms with E-state index in [1.807, 2.05) is 12.1 Å². The van der Waals surface area contributed by atoms with Gasteiger partial charge in [-0.2, -0.15) is 0 Å². The van der Waals surface area contributed by atoms with Crippen LogP contribution in [-0.4, -0.2) is 24.7 Å². The lowest BCUT2D eigenvalue weighted by Crippen LogP contribution is -2.29. The number of carbonyl (C=O) groups is 1. The van der Waals surface area contributed by atoms with Crippen molar-refractivity contribution in [2.45, 2.75) is 19.4 Å². The SMILES string of the molecule is COc1ccc(CNCC2(C(=O)O)CC2)c(Cl)c1. The van der Waals surface area contributed by atoms with Crippen LogP contribution in [0.5, 0.6) is 5.75 Å². The zero-order chi connectivity index (χ0) is 13.2. The summed E-state index contributed by atoms with van der Waals surface area (Å²) in [4.78, 5) is 11.0. The van der Waals surface area contributed by atoms with Gasteiger partial charge >= 0.3 is 5.97 Å². The summed E-state index contributed by atoms with van der Waals surface area (Å²) in [6.45, 7) is 1.06. The monoisotopic (exact) mass is 269 g/mol. The second kappa shape index (κ2) is 5.16. The minimum absolute atomic E-state index is 0.491. The van der Waals surface area contributed by atoms with Crippen LogP contribution in [0.25, 0.3) is 0 Å². The molecule has 0 bridgehead atoms. The minimum atomic E-state index is -0.712. The van der Waals surface area contributed by atoms with E-state index in [0.29, 0.717) is 23.9 Å². The van der Waals surface area contributed by atoms with Crippen molar-refractivity contribution >= 4 is 17.6 Å². The summed E-state index contributed by atoms with van der Waals surface area (Å²) >= 11 is 6.10. The Morgan fingerprint density at radius 1 is 1.56 bits per heavy atom. The Bertz CT molecular complexity index is 458. The molecule has 1 fully saturated rings. The molecule has 0 aromatic heterocycles. The zero-order valence-electron chi connectivity index (χ0n) is 10.2. The first-order chi connectivity index (χ1) is 8.57. The normalized spacial score (nSPS) is 16.3. The van der Waals surface area contributed by atoms with Gasteiger partial charge in [-0.25, -0.2) is 0 Å². The van der Waals surface area contributed by atoms with Crippen LogP contribution in [-0.2, 0) is 11.3 Å². The van der Waals surface area contributed by atoms with Crippen molar-refractivity contribution in [2.24, 2.45) is 5.41 Å². The van der Waals surface area contributed by atoms with Crippen molar-refractivity contribution in [3.05, 3.63) is 28.8 Å². The topological polar surface area (TPSA) is 58.6 Å². The Hall–Kier alpha value is -1.26. The molecule has 0 amide bonds. The number of nitrogens with one attached hydrogen (secondary N) is 1. The van der Waals surface area contributed by atoms with Crippen molar-refractivity contribution in [2.75, 3.05) is 13.7 Å². The van der Waals surface area contributed by atoms with Crippen LogP contribution >= 0.6 is 11.6 Å². The van der Waals surface area contributed by atoms with E-state index < -0.39 is 11.4 Å². The molecule has 1 aliphatic carbocycles. The molecule has 2 rings (SSSR count). The highest BCUT2D eigenvalue weighted by molar-refractivity contribution is 6.31. The molecule has 1 aromatic rings. The number of rotatable bonds is 6. The number of methoxy groups -OCH3 is 1. The van der Waals surface area contributed by atoms with Gasteiger partial charge in [-0.05, 0) is 30.5 Å². The summed E-state index contributed by atoms with van der Waals surface area (Å²) in [7, 11) is 1.59.